The van der Waals surface area contributed by atoms with Gasteiger partial charge in [-0.15, -0.1) is 0 Å². The molecule has 2 rings (SSSR count). The molecule has 0 amide bonds. The molecule has 0 bridgehead atoms. The van der Waals surface area contributed by atoms with E-state index < -0.39 is 42.0 Å². The molecule has 0 saturated carbocycles. The van der Waals surface area contributed by atoms with Crippen LogP contribution in [0, 0.1) is 0 Å². The summed E-state index contributed by atoms with van der Waals surface area (Å²) in [5.41, 5.74) is 0. The van der Waals surface area contributed by atoms with Gasteiger partial charge < -0.3 is 33.9 Å². The summed E-state index contributed by atoms with van der Waals surface area (Å²) in [6.07, 6.45) is -3.78. The normalized spacial score (nSPS) is 22.5. The highest BCUT2D eigenvalue weighted by molar-refractivity contribution is 5.67. The summed E-state index contributed by atoms with van der Waals surface area (Å²) < 4.78 is 25.9. The summed E-state index contributed by atoms with van der Waals surface area (Å²) >= 11 is 0. The van der Waals surface area contributed by atoms with Crippen molar-refractivity contribution in [3.8, 4) is 11.5 Å². The molecule has 1 heterocycles. The molecule has 1 aliphatic heterocycles. The fraction of sp³-hybridized carbons (Fsp3) is 0.412. The molecule has 2 N–H and O–H groups in total. The van der Waals surface area contributed by atoms with Gasteiger partial charge in [-0.25, -0.2) is 0 Å². The van der Waals surface area contributed by atoms with Gasteiger partial charge in [0.15, 0.2) is 11.9 Å². The maximum Gasteiger partial charge on any atom is 0.303 e. The van der Waals surface area contributed by atoms with Crippen molar-refractivity contribution in [3.63, 3.8) is 0 Å². The number of ether oxygens (including phenoxy) is 5. The third kappa shape index (κ3) is 4.79. The lowest BCUT2D eigenvalue weighted by Gasteiger charge is -2.34. The van der Waals surface area contributed by atoms with Crippen molar-refractivity contribution in [3.05, 3.63) is 35.8 Å². The number of esters is 2. The smallest absolute Gasteiger partial charge is 0.303 e. The minimum atomic E-state index is -1.38. The van der Waals surface area contributed by atoms with Crippen LogP contribution in [0.2, 0.25) is 0 Å². The van der Waals surface area contributed by atoms with Crippen molar-refractivity contribution in [1.82, 2.24) is 0 Å². The molecule has 1 aromatic carbocycles. The number of aliphatic hydroxyl groups is 2. The van der Waals surface area contributed by atoms with E-state index >= 15 is 0 Å². The quantitative estimate of drug-likeness (QED) is 0.721. The summed E-state index contributed by atoms with van der Waals surface area (Å²) in [6.45, 7) is 2.02. The van der Waals surface area contributed by atoms with E-state index in [1.165, 1.54) is 14.0 Å². The van der Waals surface area contributed by atoms with Crippen molar-refractivity contribution in [2.75, 3.05) is 13.7 Å². The first-order valence-corrected chi connectivity index (χ1v) is 7.70. The summed E-state index contributed by atoms with van der Waals surface area (Å²) in [6, 6.07) is 6.42. The van der Waals surface area contributed by atoms with Crippen LogP contribution in [-0.2, 0) is 23.8 Å². The number of carbonyl (C=O) groups is 2. The van der Waals surface area contributed by atoms with Crippen LogP contribution in [0.25, 0.3) is 0 Å². The molecular formula is C17H20O9. The molecule has 0 saturated heterocycles. The van der Waals surface area contributed by atoms with Crippen LogP contribution < -0.4 is 9.47 Å². The van der Waals surface area contributed by atoms with Crippen molar-refractivity contribution in [1.29, 1.82) is 0 Å². The molecule has 1 unspecified atom stereocenters. The van der Waals surface area contributed by atoms with Gasteiger partial charge >= 0.3 is 11.9 Å². The minimum Gasteiger partial charge on any atom is -0.505 e. The molecule has 9 nitrogen and oxygen atoms in total. The first kappa shape index (κ1) is 19.4. The Kier molecular flexibility index (Phi) is 6.29. The predicted molar refractivity (Wildman–Crippen MR) is 86.8 cm³/mol. The maximum absolute atomic E-state index is 11.2. The lowest BCUT2D eigenvalue weighted by atomic mass is 10.1. The van der Waals surface area contributed by atoms with E-state index in [-0.39, 0.29) is 6.61 Å². The van der Waals surface area contributed by atoms with Gasteiger partial charge in [-0.3, -0.25) is 9.59 Å². The first-order valence-electron chi connectivity index (χ1n) is 7.70. The van der Waals surface area contributed by atoms with Crippen LogP contribution in [0.15, 0.2) is 35.8 Å². The van der Waals surface area contributed by atoms with Crippen LogP contribution >= 0.6 is 0 Å². The highest BCUT2D eigenvalue weighted by Gasteiger charge is 2.42. The van der Waals surface area contributed by atoms with Gasteiger partial charge in [0.1, 0.15) is 24.2 Å². The Morgan fingerprint density at radius 3 is 2.19 bits per heavy atom. The molecule has 0 radical (unpaired) electrons. The topological polar surface area (TPSA) is 121 Å². The number of hydrogen-bond acceptors (Lipinski definition) is 9. The van der Waals surface area contributed by atoms with E-state index in [1.807, 2.05) is 0 Å². The zero-order chi connectivity index (χ0) is 19.3. The van der Waals surface area contributed by atoms with E-state index in [2.05, 4.69) is 0 Å². The monoisotopic (exact) mass is 368 g/mol. The van der Waals surface area contributed by atoms with Crippen molar-refractivity contribution < 1.29 is 43.5 Å². The molecule has 1 aromatic rings. The number of rotatable bonds is 6. The molecule has 0 spiro atoms. The molecule has 0 fully saturated rings. The van der Waals surface area contributed by atoms with Crippen LogP contribution in [0.4, 0.5) is 0 Å². The molecule has 26 heavy (non-hydrogen) atoms. The molecule has 142 valence electrons. The van der Waals surface area contributed by atoms with Gasteiger partial charge in [-0.1, -0.05) is 0 Å². The van der Waals surface area contributed by atoms with E-state index in [1.54, 1.807) is 24.3 Å². The van der Waals surface area contributed by atoms with Crippen molar-refractivity contribution in [2.45, 2.75) is 32.3 Å². The Balaban J connectivity index is 2.21. The third-order valence-corrected chi connectivity index (χ3v) is 3.44. The number of methoxy groups -OCH3 is 1. The van der Waals surface area contributed by atoms with Gasteiger partial charge in [0.2, 0.25) is 5.76 Å². The van der Waals surface area contributed by atoms with E-state index in [0.717, 1.165) is 6.92 Å². The largest absolute Gasteiger partial charge is 0.505 e. The molecular weight excluding hydrogens is 348 g/mol. The van der Waals surface area contributed by atoms with Crippen LogP contribution in [0.5, 0.6) is 11.5 Å². The molecule has 9 heteroatoms. The van der Waals surface area contributed by atoms with Gasteiger partial charge in [-0.2, -0.15) is 0 Å². The van der Waals surface area contributed by atoms with E-state index in [0.29, 0.717) is 11.5 Å². The van der Waals surface area contributed by atoms with Crippen molar-refractivity contribution >= 4 is 11.9 Å². The predicted octanol–water partition coefficient (Wildman–Crippen LogP) is 1.62. The third-order valence-electron chi connectivity index (χ3n) is 3.44. The number of carbonyl (C=O) groups excluding carboxylic acids is 2. The molecule has 1 aliphatic rings. The molecule has 0 aromatic heterocycles. The SMILES string of the molecule is COc1ccc(OC2O[C@H](COC(C)=O)[C@@H](OC(C)=O)C(O)=C2O)cc1. The fourth-order valence-corrected chi connectivity index (χ4v) is 2.24. The highest BCUT2D eigenvalue weighted by Crippen LogP contribution is 2.29. The Bertz CT molecular complexity index is 680. The second kappa shape index (κ2) is 8.43. The summed E-state index contributed by atoms with van der Waals surface area (Å²) in [5, 5.41) is 20.3. The lowest BCUT2D eigenvalue weighted by molar-refractivity contribution is -0.198. The van der Waals surface area contributed by atoms with E-state index in [4.69, 9.17) is 23.7 Å². The average molecular weight is 368 g/mol. The Hall–Kier alpha value is -2.94. The number of hydrogen-bond donors (Lipinski definition) is 2. The Labute approximate surface area is 149 Å². The minimum absolute atomic E-state index is 0.312. The fourth-order valence-electron chi connectivity index (χ4n) is 2.24. The second-order valence-corrected chi connectivity index (χ2v) is 5.40. The van der Waals surface area contributed by atoms with Gasteiger partial charge in [0.05, 0.1) is 7.11 Å². The number of benzene rings is 1. The summed E-state index contributed by atoms with van der Waals surface area (Å²) in [4.78, 5) is 22.3. The highest BCUT2D eigenvalue weighted by atomic mass is 16.7. The van der Waals surface area contributed by atoms with Crippen LogP contribution in [0.1, 0.15) is 13.8 Å². The summed E-state index contributed by atoms with van der Waals surface area (Å²) in [5.74, 6) is -1.64. The van der Waals surface area contributed by atoms with Gasteiger partial charge in [0.25, 0.3) is 6.29 Å². The van der Waals surface area contributed by atoms with Gasteiger partial charge in [0, 0.05) is 13.8 Å². The zero-order valence-electron chi connectivity index (χ0n) is 14.5. The van der Waals surface area contributed by atoms with E-state index in [9.17, 15) is 19.8 Å². The molecule has 0 aliphatic carbocycles. The first-order chi connectivity index (χ1) is 12.3. The molecule has 3 atom stereocenters. The van der Waals surface area contributed by atoms with Crippen LogP contribution in [-0.4, -0.2) is 54.4 Å². The summed E-state index contributed by atoms with van der Waals surface area (Å²) in [7, 11) is 1.52. The number of aliphatic hydroxyl groups excluding tert-OH is 2. The average Bonchev–Trinajstić information content (AvgIpc) is 2.60. The van der Waals surface area contributed by atoms with Crippen LogP contribution in [0.3, 0.4) is 0 Å². The second-order valence-electron chi connectivity index (χ2n) is 5.40. The Morgan fingerprint density at radius 2 is 1.65 bits per heavy atom. The maximum atomic E-state index is 11.2. The zero-order valence-corrected chi connectivity index (χ0v) is 14.5. The van der Waals surface area contributed by atoms with Crippen molar-refractivity contribution in [2.24, 2.45) is 0 Å². The standard InChI is InChI=1S/C17H20O9/c1-9(18)23-8-13-16(24-10(2)19)14(20)15(21)17(26-13)25-12-6-4-11(22-3)5-7-12/h4-7,13,16-17,20-21H,8H2,1-3H3/t13-,16-,17?/m1/s1. The Morgan fingerprint density at radius 1 is 1.04 bits per heavy atom. The lowest BCUT2D eigenvalue weighted by Crippen LogP contribution is -2.47. The van der Waals surface area contributed by atoms with Gasteiger partial charge in [-0.05, 0) is 24.3 Å².